The van der Waals surface area contributed by atoms with E-state index in [0.29, 0.717) is 23.1 Å². The van der Waals surface area contributed by atoms with Gasteiger partial charge in [-0.3, -0.25) is 14.7 Å². The third kappa shape index (κ3) is 4.47. The number of carbonyl (C=O) groups is 1. The number of nitrogens with zero attached hydrogens (tertiary/aromatic N) is 3. The molecule has 0 unspecified atom stereocenters. The Labute approximate surface area is 178 Å². The quantitative estimate of drug-likeness (QED) is 0.402. The molecule has 29 heavy (non-hydrogen) atoms. The van der Waals surface area contributed by atoms with Crippen molar-refractivity contribution in [3.05, 3.63) is 88.7 Å². The van der Waals surface area contributed by atoms with Crippen LogP contribution in [0, 0.1) is 0 Å². The number of thiazole rings is 1. The van der Waals surface area contributed by atoms with Crippen molar-refractivity contribution in [2.75, 3.05) is 4.90 Å². The Kier molecular flexibility index (Phi) is 5.88. The van der Waals surface area contributed by atoms with Crippen LogP contribution in [0.15, 0.2) is 66.9 Å². The first kappa shape index (κ1) is 19.6. The van der Waals surface area contributed by atoms with Gasteiger partial charge in [-0.25, -0.2) is 4.98 Å². The SMILES string of the molecule is CCc1ccc(CC(=O)N(Cc2ccccn2)c2nc3c(Cl)cccc3s2)cc1. The van der Waals surface area contributed by atoms with Crippen LogP contribution in [0.25, 0.3) is 10.2 Å². The number of anilines is 1. The summed E-state index contributed by atoms with van der Waals surface area (Å²) < 4.78 is 0.957. The van der Waals surface area contributed by atoms with Crippen molar-refractivity contribution in [3.8, 4) is 0 Å². The Balaban J connectivity index is 1.66. The topological polar surface area (TPSA) is 46.1 Å². The highest BCUT2D eigenvalue weighted by molar-refractivity contribution is 7.22. The fraction of sp³-hybridized carbons (Fsp3) is 0.174. The molecule has 2 aromatic carbocycles. The monoisotopic (exact) mass is 421 g/mol. The maximum atomic E-state index is 13.3. The number of halogens is 1. The summed E-state index contributed by atoms with van der Waals surface area (Å²) in [7, 11) is 0. The molecule has 2 heterocycles. The van der Waals surface area contributed by atoms with Crippen molar-refractivity contribution in [2.24, 2.45) is 0 Å². The van der Waals surface area contributed by atoms with Gasteiger partial charge in [0.25, 0.3) is 0 Å². The zero-order valence-corrected chi connectivity index (χ0v) is 17.6. The van der Waals surface area contributed by atoms with E-state index >= 15 is 0 Å². The maximum Gasteiger partial charge on any atom is 0.233 e. The van der Waals surface area contributed by atoms with Gasteiger partial charge in [0.05, 0.1) is 28.4 Å². The van der Waals surface area contributed by atoms with E-state index in [9.17, 15) is 4.79 Å². The van der Waals surface area contributed by atoms with Crippen LogP contribution >= 0.6 is 22.9 Å². The minimum atomic E-state index is -0.0184. The number of fused-ring (bicyclic) bond motifs is 1. The van der Waals surface area contributed by atoms with Crippen LogP contribution in [0.3, 0.4) is 0 Å². The number of amides is 1. The van der Waals surface area contributed by atoms with Gasteiger partial charge in [0.2, 0.25) is 5.91 Å². The Bertz CT molecular complexity index is 1130. The summed E-state index contributed by atoms with van der Waals surface area (Å²) in [4.78, 5) is 24.0. The molecule has 6 heteroatoms. The van der Waals surface area contributed by atoms with Crippen molar-refractivity contribution in [1.29, 1.82) is 0 Å². The molecule has 2 aromatic heterocycles. The Hall–Kier alpha value is -2.76. The summed E-state index contributed by atoms with van der Waals surface area (Å²) in [5.74, 6) is -0.0184. The predicted octanol–water partition coefficient (Wildman–Crippen LogP) is 5.68. The number of aryl methyl sites for hydroxylation is 1. The second-order valence-corrected chi connectivity index (χ2v) is 8.15. The summed E-state index contributed by atoms with van der Waals surface area (Å²) >= 11 is 7.77. The number of para-hydroxylation sites is 1. The van der Waals surface area contributed by atoms with E-state index in [-0.39, 0.29) is 5.91 Å². The van der Waals surface area contributed by atoms with Gasteiger partial charge in [-0.1, -0.05) is 66.3 Å². The number of carbonyl (C=O) groups excluding carboxylic acids is 1. The summed E-state index contributed by atoms with van der Waals surface area (Å²) in [5.41, 5.74) is 3.78. The highest BCUT2D eigenvalue weighted by Crippen LogP contribution is 2.33. The molecule has 0 aliphatic heterocycles. The molecule has 0 aliphatic carbocycles. The zero-order chi connectivity index (χ0) is 20.2. The van der Waals surface area contributed by atoms with Crippen molar-refractivity contribution >= 4 is 44.2 Å². The molecule has 0 atom stereocenters. The Morgan fingerprint density at radius 2 is 1.83 bits per heavy atom. The number of hydrogen-bond acceptors (Lipinski definition) is 4. The van der Waals surface area contributed by atoms with Crippen molar-refractivity contribution in [3.63, 3.8) is 0 Å². The van der Waals surface area contributed by atoms with Crippen LogP contribution < -0.4 is 4.90 Å². The van der Waals surface area contributed by atoms with E-state index in [2.05, 4.69) is 29.0 Å². The maximum absolute atomic E-state index is 13.3. The van der Waals surface area contributed by atoms with Crippen LogP contribution in [0.2, 0.25) is 5.02 Å². The lowest BCUT2D eigenvalue weighted by atomic mass is 10.1. The first-order chi connectivity index (χ1) is 14.1. The first-order valence-electron chi connectivity index (χ1n) is 9.47. The fourth-order valence-electron chi connectivity index (χ4n) is 3.10. The molecule has 146 valence electrons. The molecule has 0 saturated carbocycles. The molecule has 0 spiro atoms. The molecule has 4 nitrogen and oxygen atoms in total. The molecule has 0 bridgehead atoms. The molecule has 0 N–H and O–H groups in total. The smallest absolute Gasteiger partial charge is 0.233 e. The van der Waals surface area contributed by atoms with Gasteiger partial charge in [0.15, 0.2) is 5.13 Å². The lowest BCUT2D eigenvalue weighted by molar-refractivity contribution is -0.118. The zero-order valence-electron chi connectivity index (χ0n) is 16.0. The second-order valence-electron chi connectivity index (χ2n) is 6.73. The number of rotatable bonds is 6. The predicted molar refractivity (Wildman–Crippen MR) is 120 cm³/mol. The van der Waals surface area contributed by atoms with Crippen LogP contribution in [-0.4, -0.2) is 15.9 Å². The van der Waals surface area contributed by atoms with Crippen molar-refractivity contribution < 1.29 is 4.79 Å². The standard InChI is InChI=1S/C23H20ClN3OS/c1-2-16-9-11-17(12-10-16)14-21(28)27(15-18-6-3-4-13-25-18)23-26-22-19(24)7-5-8-20(22)29-23/h3-13H,2,14-15H2,1H3. The number of hydrogen-bond donors (Lipinski definition) is 0. The van der Waals surface area contributed by atoms with E-state index in [4.69, 9.17) is 11.6 Å². The van der Waals surface area contributed by atoms with Crippen LogP contribution in [0.4, 0.5) is 5.13 Å². The minimum Gasteiger partial charge on any atom is -0.282 e. The van der Waals surface area contributed by atoms with Gasteiger partial charge in [0, 0.05) is 6.20 Å². The van der Waals surface area contributed by atoms with Gasteiger partial charge < -0.3 is 0 Å². The normalized spacial score (nSPS) is 11.0. The van der Waals surface area contributed by atoms with E-state index in [0.717, 1.165) is 27.9 Å². The summed E-state index contributed by atoms with van der Waals surface area (Å²) in [6.45, 7) is 2.48. The lowest BCUT2D eigenvalue weighted by Crippen LogP contribution is -2.32. The summed E-state index contributed by atoms with van der Waals surface area (Å²) in [6, 6.07) is 19.6. The van der Waals surface area contributed by atoms with Crippen molar-refractivity contribution in [1.82, 2.24) is 9.97 Å². The average molecular weight is 422 g/mol. The van der Waals surface area contributed by atoms with Gasteiger partial charge in [-0.15, -0.1) is 0 Å². The molecule has 0 saturated heterocycles. The number of pyridine rings is 1. The van der Waals surface area contributed by atoms with E-state index in [1.807, 2.05) is 48.5 Å². The molecule has 0 fully saturated rings. The molecule has 0 radical (unpaired) electrons. The van der Waals surface area contributed by atoms with Crippen LogP contribution in [0.1, 0.15) is 23.7 Å². The van der Waals surface area contributed by atoms with E-state index in [1.165, 1.54) is 16.9 Å². The van der Waals surface area contributed by atoms with E-state index < -0.39 is 0 Å². The van der Waals surface area contributed by atoms with Crippen LogP contribution in [-0.2, 0) is 24.2 Å². The average Bonchev–Trinajstić information content (AvgIpc) is 3.18. The first-order valence-corrected chi connectivity index (χ1v) is 10.7. The third-order valence-electron chi connectivity index (χ3n) is 4.72. The molecular formula is C23H20ClN3OS. The van der Waals surface area contributed by atoms with Crippen molar-refractivity contribution in [2.45, 2.75) is 26.3 Å². The van der Waals surface area contributed by atoms with Crippen LogP contribution in [0.5, 0.6) is 0 Å². The van der Waals surface area contributed by atoms with Gasteiger partial charge in [-0.05, 0) is 41.8 Å². The number of benzene rings is 2. The molecule has 4 aromatic rings. The van der Waals surface area contributed by atoms with Gasteiger partial charge >= 0.3 is 0 Å². The Morgan fingerprint density at radius 3 is 2.52 bits per heavy atom. The largest absolute Gasteiger partial charge is 0.282 e. The summed E-state index contributed by atoms with van der Waals surface area (Å²) in [6.07, 6.45) is 3.02. The highest BCUT2D eigenvalue weighted by Gasteiger charge is 2.21. The summed E-state index contributed by atoms with van der Waals surface area (Å²) in [5, 5.41) is 1.22. The molecule has 1 amide bonds. The van der Waals surface area contributed by atoms with E-state index in [1.54, 1.807) is 11.1 Å². The highest BCUT2D eigenvalue weighted by atomic mass is 35.5. The molecular weight excluding hydrogens is 402 g/mol. The van der Waals surface area contributed by atoms with Gasteiger partial charge in [-0.2, -0.15) is 0 Å². The van der Waals surface area contributed by atoms with Gasteiger partial charge in [0.1, 0.15) is 5.52 Å². The number of aromatic nitrogens is 2. The minimum absolute atomic E-state index is 0.0184. The Morgan fingerprint density at radius 1 is 1.03 bits per heavy atom. The fourth-order valence-corrected chi connectivity index (χ4v) is 4.38. The molecule has 0 aliphatic rings. The lowest BCUT2D eigenvalue weighted by Gasteiger charge is -2.19. The third-order valence-corrected chi connectivity index (χ3v) is 6.07. The molecule has 4 rings (SSSR count). The second kappa shape index (κ2) is 8.72.